The Kier molecular flexibility index (Phi) is 5.29. The predicted molar refractivity (Wildman–Crippen MR) is 100 cm³/mol. The van der Waals surface area contributed by atoms with Crippen LogP contribution in [0.2, 0.25) is 0 Å². The van der Waals surface area contributed by atoms with E-state index in [2.05, 4.69) is 33.3 Å². The van der Waals surface area contributed by atoms with Crippen LogP contribution in [0, 0.1) is 5.92 Å². The fourth-order valence-corrected chi connectivity index (χ4v) is 4.88. The molecule has 2 aromatic rings. The largest absolute Gasteiger partial charge is 0.478 e. The van der Waals surface area contributed by atoms with E-state index in [4.69, 9.17) is 0 Å². The van der Waals surface area contributed by atoms with Gasteiger partial charge in [0.2, 0.25) is 5.91 Å². The van der Waals surface area contributed by atoms with E-state index in [0.29, 0.717) is 10.9 Å². The number of rotatable bonds is 5. The Bertz CT molecular complexity index is 814. The molecule has 0 fully saturated rings. The van der Waals surface area contributed by atoms with Crippen molar-refractivity contribution >= 4 is 44.1 Å². The lowest BCUT2D eigenvalue weighted by atomic mass is 9.88. The first-order chi connectivity index (χ1) is 11.8. The average Bonchev–Trinajstić information content (AvgIpc) is 3.09. The van der Waals surface area contributed by atoms with E-state index >= 15 is 0 Å². The lowest BCUT2D eigenvalue weighted by molar-refractivity contribution is -0.116. The third-order valence-corrected chi connectivity index (χ3v) is 6.06. The molecular weight excluding hydrogens is 406 g/mol. The van der Waals surface area contributed by atoms with Gasteiger partial charge in [-0.05, 0) is 53.6 Å². The fraction of sp³-hybridized carbons (Fsp3) is 0.471. The summed E-state index contributed by atoms with van der Waals surface area (Å²) in [7, 11) is 0. The molecule has 2 N–H and O–H groups in total. The van der Waals surface area contributed by atoms with E-state index in [0.717, 1.165) is 34.2 Å². The van der Waals surface area contributed by atoms with E-state index < -0.39 is 5.97 Å². The van der Waals surface area contributed by atoms with Crippen LogP contribution in [0.5, 0.6) is 0 Å². The quantitative estimate of drug-likeness (QED) is 0.754. The standard InChI is InChI=1S/C17H20BrN3O3S/c1-9-3-4-12-13(5-9)25-16(15(12)17(23)24)20-14(22)6-10(2)21-8-11(18)7-19-21/h7-10H,3-6H2,1-2H3,(H,20,22)(H,23,24). The third-order valence-electron chi connectivity index (χ3n) is 4.48. The Labute approximate surface area is 158 Å². The summed E-state index contributed by atoms with van der Waals surface area (Å²) in [6.07, 6.45) is 6.35. The zero-order chi connectivity index (χ0) is 18.1. The van der Waals surface area contributed by atoms with Gasteiger partial charge < -0.3 is 10.4 Å². The number of aromatic nitrogens is 2. The van der Waals surface area contributed by atoms with Crippen molar-refractivity contribution in [1.29, 1.82) is 0 Å². The van der Waals surface area contributed by atoms with Crippen LogP contribution < -0.4 is 5.32 Å². The molecule has 1 aliphatic rings. The normalized spacial score (nSPS) is 17.8. The SMILES string of the molecule is CC1CCc2c(sc(NC(=O)CC(C)n3cc(Br)cn3)c2C(=O)O)C1. The van der Waals surface area contributed by atoms with E-state index in [1.54, 1.807) is 10.9 Å². The van der Waals surface area contributed by atoms with E-state index in [9.17, 15) is 14.7 Å². The Morgan fingerprint density at radius 2 is 2.32 bits per heavy atom. The molecule has 0 saturated carbocycles. The summed E-state index contributed by atoms with van der Waals surface area (Å²) in [5.41, 5.74) is 1.17. The Morgan fingerprint density at radius 3 is 2.96 bits per heavy atom. The number of fused-ring (bicyclic) bond motifs is 1. The molecule has 2 aromatic heterocycles. The predicted octanol–water partition coefficient (Wildman–Crippen LogP) is 4.12. The van der Waals surface area contributed by atoms with Crippen LogP contribution in [0.3, 0.4) is 0 Å². The molecule has 0 spiro atoms. The third kappa shape index (κ3) is 3.95. The van der Waals surface area contributed by atoms with Crippen LogP contribution in [-0.4, -0.2) is 26.8 Å². The number of anilines is 1. The summed E-state index contributed by atoms with van der Waals surface area (Å²) in [5, 5.41) is 17.0. The molecular formula is C17H20BrN3O3S. The van der Waals surface area contributed by atoms with Gasteiger partial charge in [0.1, 0.15) is 5.00 Å². The molecule has 0 radical (unpaired) electrons. The van der Waals surface area contributed by atoms with Gasteiger partial charge in [-0.15, -0.1) is 11.3 Å². The van der Waals surface area contributed by atoms with Crippen molar-refractivity contribution in [3.8, 4) is 0 Å². The summed E-state index contributed by atoms with van der Waals surface area (Å²) in [6, 6.07) is -0.116. The van der Waals surface area contributed by atoms with Crippen molar-refractivity contribution in [1.82, 2.24) is 9.78 Å². The number of amides is 1. The summed E-state index contributed by atoms with van der Waals surface area (Å²) < 4.78 is 2.57. The first-order valence-electron chi connectivity index (χ1n) is 8.22. The van der Waals surface area contributed by atoms with Gasteiger partial charge in [0, 0.05) is 17.5 Å². The zero-order valence-electron chi connectivity index (χ0n) is 14.1. The highest BCUT2D eigenvalue weighted by Gasteiger charge is 2.28. The number of halogens is 1. The molecule has 0 aliphatic heterocycles. The van der Waals surface area contributed by atoms with Crippen LogP contribution in [0.4, 0.5) is 5.00 Å². The second-order valence-corrected chi connectivity index (χ2v) is 8.62. The number of carboxylic acids is 1. The average molecular weight is 426 g/mol. The Morgan fingerprint density at radius 1 is 1.56 bits per heavy atom. The Balaban J connectivity index is 1.76. The van der Waals surface area contributed by atoms with Crippen molar-refractivity contribution in [2.45, 2.75) is 45.6 Å². The fourth-order valence-electron chi connectivity index (χ4n) is 3.16. The number of carbonyl (C=O) groups is 2. The number of nitrogens with zero attached hydrogens (tertiary/aromatic N) is 2. The molecule has 25 heavy (non-hydrogen) atoms. The van der Waals surface area contributed by atoms with Gasteiger partial charge >= 0.3 is 5.97 Å². The van der Waals surface area contributed by atoms with Crippen LogP contribution in [0.1, 0.15) is 53.5 Å². The monoisotopic (exact) mass is 425 g/mol. The van der Waals surface area contributed by atoms with Crippen molar-refractivity contribution in [3.05, 3.63) is 32.9 Å². The van der Waals surface area contributed by atoms with Crippen molar-refractivity contribution < 1.29 is 14.7 Å². The van der Waals surface area contributed by atoms with Crippen LogP contribution in [0.25, 0.3) is 0 Å². The topological polar surface area (TPSA) is 84.2 Å². The highest BCUT2D eigenvalue weighted by Crippen LogP contribution is 2.39. The van der Waals surface area contributed by atoms with Crippen molar-refractivity contribution in [3.63, 3.8) is 0 Å². The summed E-state index contributed by atoms with van der Waals surface area (Å²) in [6.45, 7) is 4.07. The summed E-state index contributed by atoms with van der Waals surface area (Å²) in [4.78, 5) is 25.2. The maximum absolute atomic E-state index is 12.4. The minimum atomic E-state index is -0.966. The number of hydrogen-bond donors (Lipinski definition) is 2. The molecule has 1 amide bonds. The first-order valence-corrected chi connectivity index (χ1v) is 9.83. The van der Waals surface area contributed by atoms with Gasteiger partial charge in [-0.3, -0.25) is 9.48 Å². The lowest BCUT2D eigenvalue weighted by Crippen LogP contribution is -2.19. The second kappa shape index (κ2) is 7.29. The van der Waals surface area contributed by atoms with Gasteiger partial charge in [-0.1, -0.05) is 6.92 Å². The molecule has 6 nitrogen and oxygen atoms in total. The molecule has 2 heterocycles. The molecule has 1 aliphatic carbocycles. The molecule has 8 heteroatoms. The smallest absolute Gasteiger partial charge is 0.339 e. The molecule has 0 saturated heterocycles. The molecule has 2 unspecified atom stereocenters. The minimum absolute atomic E-state index is 0.116. The van der Waals surface area contributed by atoms with E-state index in [1.807, 2.05) is 13.1 Å². The first kappa shape index (κ1) is 18.1. The molecule has 2 atom stereocenters. The van der Waals surface area contributed by atoms with Gasteiger partial charge in [0.15, 0.2) is 0 Å². The van der Waals surface area contributed by atoms with Gasteiger partial charge in [0.25, 0.3) is 0 Å². The van der Waals surface area contributed by atoms with Gasteiger partial charge in [-0.2, -0.15) is 5.10 Å². The highest BCUT2D eigenvalue weighted by atomic mass is 79.9. The maximum Gasteiger partial charge on any atom is 0.339 e. The number of carbonyl (C=O) groups excluding carboxylic acids is 1. The van der Waals surface area contributed by atoms with E-state index in [1.165, 1.54) is 11.3 Å². The Hall–Kier alpha value is -1.67. The minimum Gasteiger partial charge on any atom is -0.478 e. The molecule has 3 rings (SSSR count). The number of thiophene rings is 1. The van der Waals surface area contributed by atoms with Crippen LogP contribution in [-0.2, 0) is 17.6 Å². The second-order valence-electron chi connectivity index (χ2n) is 6.60. The molecule has 0 aromatic carbocycles. The van der Waals surface area contributed by atoms with Crippen molar-refractivity contribution in [2.75, 3.05) is 5.32 Å². The van der Waals surface area contributed by atoms with Crippen molar-refractivity contribution in [2.24, 2.45) is 5.92 Å². The number of nitrogens with one attached hydrogen (secondary N) is 1. The number of aromatic carboxylic acids is 1. The van der Waals surface area contributed by atoms with Gasteiger partial charge in [0.05, 0.1) is 22.3 Å². The van der Waals surface area contributed by atoms with E-state index in [-0.39, 0.29) is 23.9 Å². The van der Waals surface area contributed by atoms with Gasteiger partial charge in [-0.25, -0.2) is 4.79 Å². The number of hydrogen-bond acceptors (Lipinski definition) is 4. The molecule has 0 bridgehead atoms. The number of carboxylic acid groups (broad SMARTS) is 1. The van der Waals surface area contributed by atoms with Crippen LogP contribution >= 0.6 is 27.3 Å². The highest BCUT2D eigenvalue weighted by molar-refractivity contribution is 9.10. The maximum atomic E-state index is 12.4. The van der Waals surface area contributed by atoms with Crippen LogP contribution in [0.15, 0.2) is 16.9 Å². The lowest BCUT2D eigenvalue weighted by Gasteiger charge is -2.17. The summed E-state index contributed by atoms with van der Waals surface area (Å²) in [5.74, 6) is -0.616. The summed E-state index contributed by atoms with van der Waals surface area (Å²) >= 11 is 4.74. The zero-order valence-corrected chi connectivity index (χ0v) is 16.5. The molecule has 134 valence electrons.